The van der Waals surface area contributed by atoms with E-state index in [1.807, 2.05) is 12.1 Å². The van der Waals surface area contributed by atoms with Crippen LogP contribution in [0.3, 0.4) is 0 Å². The Balaban J connectivity index is 1.62. The number of guanidine groups is 1. The lowest BCUT2D eigenvalue weighted by Crippen LogP contribution is -2.42. The van der Waals surface area contributed by atoms with Crippen molar-refractivity contribution in [2.45, 2.75) is 6.42 Å². The van der Waals surface area contributed by atoms with E-state index in [4.69, 9.17) is 16.0 Å². The Morgan fingerprint density at radius 2 is 1.79 bits per heavy atom. The fourth-order valence-electron chi connectivity index (χ4n) is 2.04. The minimum atomic E-state index is -0.130. The number of nitrogens with one attached hydrogen (secondary N) is 3. The van der Waals surface area contributed by atoms with Gasteiger partial charge in [-0.05, 0) is 36.4 Å². The predicted octanol–water partition coefficient (Wildman–Crippen LogP) is 2.07. The smallest absolute Gasteiger partial charge is 0.251 e. The van der Waals surface area contributed by atoms with Crippen LogP contribution in [0.5, 0.6) is 0 Å². The molecule has 0 bridgehead atoms. The first-order valence-electron chi connectivity index (χ1n) is 7.69. The average Bonchev–Trinajstić information content (AvgIpc) is 3.10. The maximum atomic E-state index is 11.9. The SMILES string of the molecule is CN=C(NCCNC(=O)c1ccc(Cl)cc1)NCCc1ccco1. The lowest BCUT2D eigenvalue weighted by Gasteiger charge is -2.12. The summed E-state index contributed by atoms with van der Waals surface area (Å²) in [7, 11) is 1.70. The van der Waals surface area contributed by atoms with E-state index in [9.17, 15) is 4.79 Å². The molecule has 7 heteroatoms. The van der Waals surface area contributed by atoms with Crippen molar-refractivity contribution in [3.63, 3.8) is 0 Å². The molecule has 0 aliphatic carbocycles. The minimum absolute atomic E-state index is 0.130. The fourth-order valence-corrected chi connectivity index (χ4v) is 2.17. The van der Waals surface area contributed by atoms with Crippen LogP contribution in [0.1, 0.15) is 16.1 Å². The van der Waals surface area contributed by atoms with Crippen LogP contribution in [0.4, 0.5) is 0 Å². The number of halogens is 1. The van der Waals surface area contributed by atoms with Gasteiger partial charge in [0.2, 0.25) is 0 Å². The van der Waals surface area contributed by atoms with Gasteiger partial charge >= 0.3 is 0 Å². The van der Waals surface area contributed by atoms with E-state index >= 15 is 0 Å². The van der Waals surface area contributed by atoms with E-state index in [2.05, 4.69) is 20.9 Å². The Morgan fingerprint density at radius 1 is 1.08 bits per heavy atom. The summed E-state index contributed by atoms with van der Waals surface area (Å²) < 4.78 is 5.27. The Bertz CT molecular complexity index is 654. The Labute approximate surface area is 146 Å². The van der Waals surface area contributed by atoms with Crippen molar-refractivity contribution in [3.05, 3.63) is 59.0 Å². The molecule has 2 aromatic rings. The number of benzene rings is 1. The van der Waals surface area contributed by atoms with Crippen LogP contribution in [0.25, 0.3) is 0 Å². The van der Waals surface area contributed by atoms with E-state index < -0.39 is 0 Å². The van der Waals surface area contributed by atoms with Crippen LogP contribution in [-0.4, -0.2) is 38.5 Å². The average molecular weight is 349 g/mol. The maximum Gasteiger partial charge on any atom is 0.251 e. The number of aliphatic imine (C=N–C) groups is 1. The minimum Gasteiger partial charge on any atom is -0.469 e. The molecule has 0 spiro atoms. The monoisotopic (exact) mass is 348 g/mol. The number of rotatable bonds is 7. The molecule has 0 atom stereocenters. The third kappa shape index (κ3) is 5.96. The van der Waals surface area contributed by atoms with Crippen molar-refractivity contribution < 1.29 is 9.21 Å². The summed E-state index contributed by atoms with van der Waals surface area (Å²) >= 11 is 5.80. The molecule has 0 aliphatic heterocycles. The molecule has 0 radical (unpaired) electrons. The summed E-state index contributed by atoms with van der Waals surface area (Å²) in [4.78, 5) is 16.1. The van der Waals surface area contributed by atoms with E-state index in [1.54, 1.807) is 37.6 Å². The molecule has 3 N–H and O–H groups in total. The number of nitrogens with zero attached hydrogens (tertiary/aromatic N) is 1. The van der Waals surface area contributed by atoms with Gasteiger partial charge in [0.15, 0.2) is 5.96 Å². The number of hydrogen-bond donors (Lipinski definition) is 3. The molecule has 0 fully saturated rings. The number of furan rings is 1. The first-order valence-corrected chi connectivity index (χ1v) is 8.07. The molecule has 1 aromatic heterocycles. The molecule has 24 heavy (non-hydrogen) atoms. The van der Waals surface area contributed by atoms with Gasteiger partial charge in [-0.1, -0.05) is 11.6 Å². The lowest BCUT2D eigenvalue weighted by molar-refractivity contribution is 0.0954. The first-order chi connectivity index (χ1) is 11.7. The first kappa shape index (κ1) is 17.9. The topological polar surface area (TPSA) is 78.7 Å². The molecule has 6 nitrogen and oxygen atoms in total. The van der Waals surface area contributed by atoms with Crippen LogP contribution in [0.15, 0.2) is 52.1 Å². The van der Waals surface area contributed by atoms with Gasteiger partial charge in [-0.25, -0.2) is 0 Å². The van der Waals surface area contributed by atoms with Crippen molar-refractivity contribution in [2.75, 3.05) is 26.7 Å². The van der Waals surface area contributed by atoms with Crippen LogP contribution >= 0.6 is 11.6 Å². The molecule has 0 saturated heterocycles. The van der Waals surface area contributed by atoms with Gasteiger partial charge < -0.3 is 20.4 Å². The summed E-state index contributed by atoms with van der Waals surface area (Å²) in [6.45, 7) is 1.77. The molecular formula is C17H21ClN4O2. The second-order valence-electron chi connectivity index (χ2n) is 5.02. The van der Waals surface area contributed by atoms with Gasteiger partial charge in [-0.2, -0.15) is 0 Å². The molecular weight excluding hydrogens is 328 g/mol. The second kappa shape index (κ2) is 9.62. The van der Waals surface area contributed by atoms with E-state index in [-0.39, 0.29) is 5.91 Å². The standard InChI is InChI=1S/C17H21ClN4O2/c1-19-17(21-9-8-15-3-2-12-24-15)22-11-10-20-16(23)13-4-6-14(18)7-5-13/h2-7,12H,8-11H2,1H3,(H,20,23)(H2,19,21,22). The zero-order valence-electron chi connectivity index (χ0n) is 13.5. The molecule has 1 aromatic carbocycles. The van der Waals surface area contributed by atoms with E-state index in [0.29, 0.717) is 36.2 Å². The summed E-state index contributed by atoms with van der Waals surface area (Å²) in [5.41, 5.74) is 0.584. The number of carbonyl (C=O) groups is 1. The van der Waals surface area contributed by atoms with Crippen molar-refractivity contribution in [1.82, 2.24) is 16.0 Å². The Hall–Kier alpha value is -2.47. The van der Waals surface area contributed by atoms with Gasteiger partial charge in [0.05, 0.1) is 6.26 Å². The third-order valence-electron chi connectivity index (χ3n) is 3.28. The molecule has 2 rings (SSSR count). The molecule has 0 unspecified atom stereocenters. The van der Waals surface area contributed by atoms with Gasteiger partial charge in [-0.15, -0.1) is 0 Å². The Kier molecular flexibility index (Phi) is 7.17. The highest BCUT2D eigenvalue weighted by Gasteiger charge is 2.04. The maximum absolute atomic E-state index is 11.9. The summed E-state index contributed by atoms with van der Waals surface area (Å²) in [5, 5.41) is 9.77. The zero-order valence-corrected chi connectivity index (χ0v) is 14.3. The summed E-state index contributed by atoms with van der Waals surface area (Å²) in [6, 6.07) is 10.6. The quantitative estimate of drug-likeness (QED) is 0.406. The van der Waals surface area contributed by atoms with E-state index in [0.717, 1.165) is 12.2 Å². The number of amides is 1. The summed E-state index contributed by atoms with van der Waals surface area (Å²) in [6.07, 6.45) is 2.44. The van der Waals surface area contributed by atoms with Gasteiger partial charge in [0.1, 0.15) is 5.76 Å². The van der Waals surface area contributed by atoms with Crippen LogP contribution in [0.2, 0.25) is 5.02 Å². The number of carbonyl (C=O) groups excluding carboxylic acids is 1. The molecule has 0 aliphatic rings. The van der Waals surface area contributed by atoms with Crippen LogP contribution < -0.4 is 16.0 Å². The third-order valence-corrected chi connectivity index (χ3v) is 3.53. The highest BCUT2D eigenvalue weighted by Crippen LogP contribution is 2.09. The van der Waals surface area contributed by atoms with Gasteiger partial charge in [0.25, 0.3) is 5.91 Å². The highest BCUT2D eigenvalue weighted by atomic mass is 35.5. The van der Waals surface area contributed by atoms with Crippen LogP contribution in [0, 0.1) is 0 Å². The normalized spacial score (nSPS) is 11.2. The Morgan fingerprint density at radius 3 is 2.46 bits per heavy atom. The summed E-state index contributed by atoms with van der Waals surface area (Å²) in [5.74, 6) is 1.48. The van der Waals surface area contributed by atoms with Gasteiger partial charge in [0, 0.05) is 43.7 Å². The molecule has 128 valence electrons. The van der Waals surface area contributed by atoms with Crippen molar-refractivity contribution in [3.8, 4) is 0 Å². The second-order valence-corrected chi connectivity index (χ2v) is 5.45. The largest absolute Gasteiger partial charge is 0.469 e. The fraction of sp³-hybridized carbons (Fsp3) is 0.294. The van der Waals surface area contributed by atoms with Gasteiger partial charge in [-0.3, -0.25) is 9.79 Å². The van der Waals surface area contributed by atoms with Crippen LogP contribution in [-0.2, 0) is 6.42 Å². The lowest BCUT2D eigenvalue weighted by atomic mass is 10.2. The zero-order chi connectivity index (χ0) is 17.2. The predicted molar refractivity (Wildman–Crippen MR) is 95.6 cm³/mol. The number of hydrogen-bond acceptors (Lipinski definition) is 3. The highest BCUT2D eigenvalue weighted by molar-refractivity contribution is 6.30. The van der Waals surface area contributed by atoms with E-state index in [1.165, 1.54) is 0 Å². The molecule has 1 amide bonds. The molecule has 0 saturated carbocycles. The molecule has 1 heterocycles. The van der Waals surface area contributed by atoms with Crippen molar-refractivity contribution in [2.24, 2.45) is 4.99 Å². The van der Waals surface area contributed by atoms with Crippen molar-refractivity contribution in [1.29, 1.82) is 0 Å². The van der Waals surface area contributed by atoms with Crippen molar-refractivity contribution >= 4 is 23.5 Å².